The standard InChI is InChI=1S/C22H21N5O/c1-15(21-23-18-6-4-5-7-19(18)24-21)27-14-20(25-26-27)17-10-8-16(9-11-17)12-13-22(2,3)28/h4-11,14-15,28H,1-3H3,(H,23,24)/t15-/m0/s1. The number of H-pyrrole nitrogens is 1. The summed E-state index contributed by atoms with van der Waals surface area (Å²) in [6, 6.07) is 15.6. The zero-order valence-corrected chi connectivity index (χ0v) is 16.0. The normalized spacial score (nSPS) is 12.6. The van der Waals surface area contributed by atoms with Crippen LogP contribution in [0, 0.1) is 11.8 Å². The van der Waals surface area contributed by atoms with Crippen LogP contribution < -0.4 is 0 Å². The van der Waals surface area contributed by atoms with E-state index in [9.17, 15) is 5.11 Å². The molecule has 4 rings (SSSR count). The first-order chi connectivity index (χ1) is 13.4. The molecule has 2 N–H and O–H groups in total. The molecule has 0 unspecified atom stereocenters. The Hall–Kier alpha value is -3.43. The van der Waals surface area contributed by atoms with E-state index in [2.05, 4.69) is 32.1 Å². The van der Waals surface area contributed by atoms with Gasteiger partial charge in [-0.3, -0.25) is 0 Å². The molecule has 0 amide bonds. The van der Waals surface area contributed by atoms with E-state index in [1.165, 1.54) is 0 Å². The van der Waals surface area contributed by atoms with Crippen LogP contribution in [0.4, 0.5) is 0 Å². The lowest BCUT2D eigenvalue weighted by molar-refractivity contribution is 0.143. The second kappa shape index (κ2) is 6.95. The van der Waals surface area contributed by atoms with E-state index >= 15 is 0 Å². The summed E-state index contributed by atoms with van der Waals surface area (Å²) < 4.78 is 1.80. The summed E-state index contributed by atoms with van der Waals surface area (Å²) in [6.45, 7) is 5.36. The van der Waals surface area contributed by atoms with Gasteiger partial charge in [-0.1, -0.05) is 41.3 Å². The van der Waals surface area contributed by atoms with Gasteiger partial charge in [0.2, 0.25) is 0 Å². The summed E-state index contributed by atoms with van der Waals surface area (Å²) in [7, 11) is 0. The third kappa shape index (κ3) is 3.80. The summed E-state index contributed by atoms with van der Waals surface area (Å²) in [4.78, 5) is 7.98. The van der Waals surface area contributed by atoms with Crippen molar-refractivity contribution in [2.75, 3.05) is 0 Å². The smallest absolute Gasteiger partial charge is 0.131 e. The maximum absolute atomic E-state index is 9.70. The molecule has 0 aliphatic heterocycles. The van der Waals surface area contributed by atoms with Gasteiger partial charge in [-0.05, 0) is 45.0 Å². The first-order valence-electron chi connectivity index (χ1n) is 9.11. The van der Waals surface area contributed by atoms with Crippen LogP contribution in [0.3, 0.4) is 0 Å². The van der Waals surface area contributed by atoms with Gasteiger partial charge in [0, 0.05) is 11.1 Å². The highest BCUT2D eigenvalue weighted by Gasteiger charge is 2.15. The van der Waals surface area contributed by atoms with Crippen LogP contribution in [0.2, 0.25) is 0 Å². The van der Waals surface area contributed by atoms with E-state index in [0.29, 0.717) is 0 Å². The summed E-state index contributed by atoms with van der Waals surface area (Å²) in [6.07, 6.45) is 1.91. The van der Waals surface area contributed by atoms with Crippen LogP contribution in [0.25, 0.3) is 22.3 Å². The number of aromatic nitrogens is 5. The maximum Gasteiger partial charge on any atom is 0.131 e. The maximum atomic E-state index is 9.70. The van der Waals surface area contributed by atoms with Crippen LogP contribution in [0.1, 0.15) is 38.2 Å². The van der Waals surface area contributed by atoms with Crippen molar-refractivity contribution in [2.24, 2.45) is 0 Å². The minimum absolute atomic E-state index is 0.0643. The Kier molecular flexibility index (Phi) is 4.46. The summed E-state index contributed by atoms with van der Waals surface area (Å²) >= 11 is 0. The van der Waals surface area contributed by atoms with Gasteiger partial charge < -0.3 is 10.1 Å². The first-order valence-corrected chi connectivity index (χ1v) is 9.11. The van der Waals surface area contributed by atoms with Gasteiger partial charge in [-0.2, -0.15) is 0 Å². The van der Waals surface area contributed by atoms with Crippen LogP contribution in [0.5, 0.6) is 0 Å². The Balaban J connectivity index is 1.56. The number of aromatic amines is 1. The molecule has 0 fully saturated rings. The molecule has 2 aromatic carbocycles. The largest absolute Gasteiger partial charge is 0.378 e. The van der Waals surface area contributed by atoms with Gasteiger partial charge in [-0.15, -0.1) is 5.10 Å². The predicted molar refractivity (Wildman–Crippen MR) is 109 cm³/mol. The summed E-state index contributed by atoms with van der Waals surface area (Å²) in [5.41, 5.74) is 3.52. The Morgan fingerprint density at radius 2 is 1.86 bits per heavy atom. The first kappa shape index (κ1) is 18.0. The Morgan fingerprint density at radius 3 is 2.57 bits per heavy atom. The Bertz CT molecular complexity index is 1140. The number of rotatable bonds is 3. The van der Waals surface area contributed by atoms with Crippen molar-refractivity contribution in [3.8, 4) is 23.1 Å². The van der Waals surface area contributed by atoms with Crippen LogP contribution in [-0.4, -0.2) is 35.7 Å². The Labute approximate surface area is 163 Å². The van der Waals surface area contributed by atoms with Crippen LogP contribution in [-0.2, 0) is 0 Å². The van der Waals surface area contributed by atoms with Crippen molar-refractivity contribution in [3.05, 3.63) is 66.1 Å². The Morgan fingerprint density at radius 1 is 1.11 bits per heavy atom. The van der Waals surface area contributed by atoms with E-state index in [0.717, 1.165) is 33.7 Å². The van der Waals surface area contributed by atoms with Gasteiger partial charge in [0.15, 0.2) is 0 Å². The highest BCUT2D eigenvalue weighted by molar-refractivity contribution is 5.74. The zero-order chi connectivity index (χ0) is 19.7. The monoisotopic (exact) mass is 371 g/mol. The van der Waals surface area contributed by atoms with Gasteiger partial charge in [0.1, 0.15) is 23.2 Å². The minimum Gasteiger partial charge on any atom is -0.378 e. The molecule has 6 heteroatoms. The molecular weight excluding hydrogens is 350 g/mol. The molecule has 6 nitrogen and oxygen atoms in total. The molecule has 0 aliphatic carbocycles. The second-order valence-electron chi connectivity index (χ2n) is 7.29. The van der Waals surface area contributed by atoms with Gasteiger partial charge >= 0.3 is 0 Å². The molecular formula is C22H21N5O. The second-order valence-corrected chi connectivity index (χ2v) is 7.29. The van der Waals surface area contributed by atoms with E-state index in [-0.39, 0.29) is 6.04 Å². The quantitative estimate of drug-likeness (QED) is 0.540. The molecule has 4 aromatic rings. The molecule has 0 aliphatic rings. The van der Waals surface area contributed by atoms with Crippen LogP contribution in [0.15, 0.2) is 54.7 Å². The van der Waals surface area contributed by atoms with E-state index in [1.54, 1.807) is 18.5 Å². The SMILES string of the molecule is C[C@@H](c1nc2ccccc2[nH]1)n1cc(-c2ccc(C#CC(C)(C)O)cc2)nn1. The minimum atomic E-state index is -1.01. The predicted octanol–water partition coefficient (Wildman–Crippen LogP) is 3.55. The average Bonchev–Trinajstić information content (AvgIpc) is 3.33. The van der Waals surface area contributed by atoms with Crippen molar-refractivity contribution in [3.63, 3.8) is 0 Å². The number of aliphatic hydroxyl groups is 1. The van der Waals surface area contributed by atoms with Gasteiger partial charge in [0.25, 0.3) is 0 Å². The molecule has 2 heterocycles. The van der Waals surface area contributed by atoms with Crippen molar-refractivity contribution < 1.29 is 5.11 Å². The third-order valence-corrected chi connectivity index (χ3v) is 4.40. The lowest BCUT2D eigenvalue weighted by atomic mass is 10.1. The van der Waals surface area contributed by atoms with Gasteiger partial charge in [-0.25, -0.2) is 9.67 Å². The van der Waals surface area contributed by atoms with Crippen LogP contribution >= 0.6 is 0 Å². The molecule has 0 bridgehead atoms. The molecule has 2 aromatic heterocycles. The highest BCUT2D eigenvalue weighted by Crippen LogP contribution is 2.22. The molecule has 0 saturated heterocycles. The number of benzene rings is 2. The lowest BCUT2D eigenvalue weighted by Gasteiger charge is -2.07. The number of nitrogens with zero attached hydrogens (tertiary/aromatic N) is 4. The lowest BCUT2D eigenvalue weighted by Crippen LogP contribution is -2.14. The molecule has 140 valence electrons. The van der Waals surface area contributed by atoms with Crippen molar-refractivity contribution in [2.45, 2.75) is 32.4 Å². The van der Waals surface area contributed by atoms with Crippen molar-refractivity contribution in [1.82, 2.24) is 25.0 Å². The van der Waals surface area contributed by atoms with Crippen molar-refractivity contribution >= 4 is 11.0 Å². The van der Waals surface area contributed by atoms with E-state index in [1.807, 2.05) is 61.7 Å². The number of fused-ring (bicyclic) bond motifs is 1. The van der Waals surface area contributed by atoms with E-state index in [4.69, 9.17) is 0 Å². The fourth-order valence-corrected chi connectivity index (χ4v) is 2.84. The van der Waals surface area contributed by atoms with Gasteiger partial charge in [0.05, 0.1) is 17.2 Å². The topological polar surface area (TPSA) is 79.6 Å². The fourth-order valence-electron chi connectivity index (χ4n) is 2.84. The summed E-state index contributed by atoms with van der Waals surface area (Å²) in [5, 5.41) is 18.3. The molecule has 1 atom stereocenters. The highest BCUT2D eigenvalue weighted by atomic mass is 16.3. The fraction of sp³-hybridized carbons (Fsp3) is 0.227. The van der Waals surface area contributed by atoms with Crippen molar-refractivity contribution in [1.29, 1.82) is 0 Å². The molecule has 0 radical (unpaired) electrons. The molecule has 0 spiro atoms. The number of para-hydroxylation sites is 2. The van der Waals surface area contributed by atoms with E-state index < -0.39 is 5.60 Å². The number of hydrogen-bond donors (Lipinski definition) is 2. The zero-order valence-electron chi connectivity index (χ0n) is 16.0. The average molecular weight is 371 g/mol. The number of imidazole rings is 1. The third-order valence-electron chi connectivity index (χ3n) is 4.40. The molecule has 0 saturated carbocycles. The number of hydrogen-bond acceptors (Lipinski definition) is 4. The molecule has 28 heavy (non-hydrogen) atoms. The number of nitrogens with one attached hydrogen (secondary N) is 1. The summed E-state index contributed by atoms with van der Waals surface area (Å²) in [5.74, 6) is 6.62.